The second-order valence-electron chi connectivity index (χ2n) is 3.44. The number of rotatable bonds is 7. The fourth-order valence-electron chi connectivity index (χ4n) is 1.24. The molecule has 96 valence electrons. The number of aromatic nitrogens is 3. The van der Waals surface area contributed by atoms with Gasteiger partial charge in [-0.3, -0.25) is 4.79 Å². The van der Waals surface area contributed by atoms with Crippen molar-refractivity contribution in [1.29, 1.82) is 0 Å². The minimum Gasteiger partial charge on any atom is -0.368 e. The third-order valence-electron chi connectivity index (χ3n) is 2.21. The van der Waals surface area contributed by atoms with Crippen LogP contribution in [0.3, 0.4) is 0 Å². The molecule has 0 aromatic carbocycles. The molecule has 0 aliphatic rings. The van der Waals surface area contributed by atoms with Gasteiger partial charge in [-0.05, 0) is 20.8 Å². The molecule has 17 heavy (non-hydrogen) atoms. The molecule has 1 amide bonds. The first-order valence-corrected chi connectivity index (χ1v) is 5.54. The van der Waals surface area contributed by atoms with Crippen molar-refractivity contribution in [3.63, 3.8) is 0 Å². The summed E-state index contributed by atoms with van der Waals surface area (Å²) in [6.07, 6.45) is 1.05. The molecule has 0 fully saturated rings. The average Bonchev–Trinajstić information content (AvgIpc) is 2.76. The second kappa shape index (κ2) is 6.31. The summed E-state index contributed by atoms with van der Waals surface area (Å²) < 4.78 is 12.1. The zero-order valence-electron chi connectivity index (χ0n) is 10.3. The van der Waals surface area contributed by atoms with Crippen molar-refractivity contribution in [3.05, 3.63) is 11.9 Å². The zero-order chi connectivity index (χ0) is 12.8. The van der Waals surface area contributed by atoms with Crippen molar-refractivity contribution in [2.24, 2.45) is 5.73 Å². The van der Waals surface area contributed by atoms with Gasteiger partial charge in [0.25, 0.3) is 0 Å². The maximum absolute atomic E-state index is 11.0. The molecule has 0 aliphatic heterocycles. The van der Waals surface area contributed by atoms with Crippen molar-refractivity contribution in [2.75, 3.05) is 13.2 Å². The number of carbonyl (C=O) groups excluding carboxylic acids is 1. The van der Waals surface area contributed by atoms with Gasteiger partial charge in [0.15, 0.2) is 0 Å². The van der Waals surface area contributed by atoms with Crippen LogP contribution in [-0.4, -0.2) is 34.1 Å². The van der Waals surface area contributed by atoms with Crippen LogP contribution in [0.1, 0.15) is 38.8 Å². The highest BCUT2D eigenvalue weighted by Crippen LogP contribution is 2.17. The average molecular weight is 242 g/mol. The molecule has 7 heteroatoms. The lowest BCUT2D eigenvalue weighted by Gasteiger charge is -2.13. The van der Waals surface area contributed by atoms with Crippen molar-refractivity contribution in [3.8, 4) is 0 Å². The molecule has 0 saturated heterocycles. The van der Waals surface area contributed by atoms with Crippen LogP contribution in [0.15, 0.2) is 6.20 Å². The molecule has 2 N–H and O–H groups in total. The predicted molar refractivity (Wildman–Crippen MR) is 59.9 cm³/mol. The third kappa shape index (κ3) is 3.50. The number of nitrogens with zero attached hydrogens (tertiary/aromatic N) is 3. The highest BCUT2D eigenvalue weighted by atomic mass is 16.7. The Morgan fingerprint density at radius 3 is 2.53 bits per heavy atom. The molecule has 1 unspecified atom stereocenters. The van der Waals surface area contributed by atoms with Gasteiger partial charge in [-0.1, -0.05) is 5.21 Å². The number of nitrogens with two attached hydrogens (primary N) is 1. The molecule has 7 nitrogen and oxygen atoms in total. The van der Waals surface area contributed by atoms with Gasteiger partial charge < -0.3 is 15.2 Å². The normalized spacial score (nSPS) is 12.9. The first kappa shape index (κ1) is 13.6. The van der Waals surface area contributed by atoms with E-state index in [1.54, 1.807) is 13.1 Å². The summed E-state index contributed by atoms with van der Waals surface area (Å²) in [6.45, 7) is 6.38. The van der Waals surface area contributed by atoms with Crippen molar-refractivity contribution in [1.82, 2.24) is 15.0 Å². The van der Waals surface area contributed by atoms with E-state index in [1.807, 2.05) is 13.8 Å². The summed E-state index contributed by atoms with van der Waals surface area (Å²) in [6, 6.07) is -0.542. The van der Waals surface area contributed by atoms with E-state index >= 15 is 0 Å². The molecule has 0 saturated carbocycles. The van der Waals surface area contributed by atoms with E-state index in [2.05, 4.69) is 10.3 Å². The van der Waals surface area contributed by atoms with E-state index in [9.17, 15) is 4.79 Å². The molecular formula is C10H18N4O3. The predicted octanol–water partition coefficient (Wildman–Crippen LogP) is 0.396. The van der Waals surface area contributed by atoms with E-state index in [4.69, 9.17) is 15.2 Å². The fraction of sp³-hybridized carbons (Fsp3) is 0.700. The second-order valence-corrected chi connectivity index (χ2v) is 3.44. The number of primary amides is 1. The summed E-state index contributed by atoms with van der Waals surface area (Å²) in [4.78, 5) is 11.0. The van der Waals surface area contributed by atoms with Crippen molar-refractivity contribution < 1.29 is 14.3 Å². The van der Waals surface area contributed by atoms with Crippen molar-refractivity contribution >= 4 is 5.91 Å². The van der Waals surface area contributed by atoms with Gasteiger partial charge in [-0.2, -0.15) is 0 Å². The van der Waals surface area contributed by atoms with Crippen LogP contribution in [0.25, 0.3) is 0 Å². The lowest BCUT2D eigenvalue weighted by molar-refractivity contribution is -0.142. The Bertz CT molecular complexity index is 360. The Morgan fingerprint density at radius 1 is 1.47 bits per heavy atom. The van der Waals surface area contributed by atoms with Gasteiger partial charge in [0, 0.05) is 13.2 Å². The topological polar surface area (TPSA) is 92.3 Å². The Morgan fingerprint density at radius 2 is 2.06 bits per heavy atom. The first-order chi connectivity index (χ1) is 8.10. The van der Waals surface area contributed by atoms with Crippen molar-refractivity contribution in [2.45, 2.75) is 33.1 Å². The largest absolute Gasteiger partial charge is 0.368 e. The SMILES string of the molecule is CCOC(OCC)c1cn(C(C)C(N)=O)nn1. The summed E-state index contributed by atoms with van der Waals surface area (Å²) >= 11 is 0. The monoisotopic (exact) mass is 242 g/mol. The molecule has 1 atom stereocenters. The lowest BCUT2D eigenvalue weighted by Crippen LogP contribution is -2.24. The van der Waals surface area contributed by atoms with Crippen LogP contribution < -0.4 is 5.73 Å². The molecule has 1 rings (SSSR count). The Labute approximate surface area is 99.9 Å². The molecule has 1 aromatic heterocycles. The third-order valence-corrected chi connectivity index (χ3v) is 2.21. The van der Waals surface area contributed by atoms with Gasteiger partial charge in [-0.15, -0.1) is 5.10 Å². The lowest BCUT2D eigenvalue weighted by atomic mass is 10.3. The highest BCUT2D eigenvalue weighted by Gasteiger charge is 2.19. The number of ether oxygens (including phenoxy) is 2. The fourth-order valence-corrected chi connectivity index (χ4v) is 1.24. The summed E-state index contributed by atoms with van der Waals surface area (Å²) in [7, 11) is 0. The van der Waals surface area contributed by atoms with Crippen LogP contribution >= 0.6 is 0 Å². The molecule has 1 heterocycles. The maximum atomic E-state index is 11.0. The maximum Gasteiger partial charge on any atom is 0.242 e. The van der Waals surface area contributed by atoms with Gasteiger partial charge in [0.1, 0.15) is 11.7 Å². The van der Waals surface area contributed by atoms with Crippen LogP contribution in [0, 0.1) is 0 Å². The summed E-state index contributed by atoms with van der Waals surface area (Å²) in [5, 5.41) is 7.74. The summed E-state index contributed by atoms with van der Waals surface area (Å²) in [5.41, 5.74) is 5.71. The number of hydrogen-bond donors (Lipinski definition) is 1. The number of hydrogen-bond acceptors (Lipinski definition) is 5. The summed E-state index contributed by atoms with van der Waals surface area (Å²) in [5.74, 6) is -0.467. The van der Waals surface area contributed by atoms with E-state index in [-0.39, 0.29) is 0 Å². The Hall–Kier alpha value is -1.47. The quantitative estimate of drug-likeness (QED) is 0.698. The van der Waals surface area contributed by atoms with E-state index in [1.165, 1.54) is 4.68 Å². The Balaban J connectivity index is 2.80. The van der Waals surface area contributed by atoms with Crippen LogP contribution in [-0.2, 0) is 14.3 Å². The van der Waals surface area contributed by atoms with E-state index in [0.717, 1.165) is 0 Å². The van der Waals surface area contributed by atoms with Crippen LogP contribution in [0.2, 0.25) is 0 Å². The molecular weight excluding hydrogens is 224 g/mol. The van der Waals surface area contributed by atoms with Gasteiger partial charge in [0.2, 0.25) is 12.2 Å². The minimum atomic E-state index is -0.557. The van der Waals surface area contributed by atoms with Gasteiger partial charge in [0.05, 0.1) is 6.20 Å². The number of amides is 1. The van der Waals surface area contributed by atoms with Crippen LogP contribution in [0.5, 0.6) is 0 Å². The standard InChI is InChI=1S/C10H18N4O3/c1-4-16-10(17-5-2)8-6-14(13-12-8)7(3)9(11)15/h6-7,10H,4-5H2,1-3H3,(H2,11,15). The highest BCUT2D eigenvalue weighted by molar-refractivity contribution is 5.77. The van der Waals surface area contributed by atoms with E-state index in [0.29, 0.717) is 18.9 Å². The smallest absolute Gasteiger partial charge is 0.242 e. The molecule has 0 aliphatic carbocycles. The number of carbonyl (C=O) groups is 1. The zero-order valence-corrected chi connectivity index (χ0v) is 10.3. The van der Waals surface area contributed by atoms with E-state index < -0.39 is 18.2 Å². The molecule has 1 aromatic rings. The minimum absolute atomic E-state index is 0.467. The van der Waals surface area contributed by atoms with Crippen LogP contribution in [0.4, 0.5) is 0 Å². The molecule has 0 bridgehead atoms. The first-order valence-electron chi connectivity index (χ1n) is 5.54. The van der Waals surface area contributed by atoms with Gasteiger partial charge >= 0.3 is 0 Å². The van der Waals surface area contributed by atoms with Gasteiger partial charge in [-0.25, -0.2) is 4.68 Å². The molecule has 0 spiro atoms. The molecule has 0 radical (unpaired) electrons. The Kier molecular flexibility index (Phi) is 5.05.